The minimum Gasteiger partial charge on any atom is -0.481 e. The number of aliphatic carboxylic acids is 1. The van der Waals surface area contributed by atoms with Crippen molar-refractivity contribution in [3.05, 3.63) is 0 Å². The van der Waals surface area contributed by atoms with Gasteiger partial charge >= 0.3 is 12.0 Å². The van der Waals surface area contributed by atoms with E-state index in [0.29, 0.717) is 32.0 Å². The fourth-order valence-electron chi connectivity index (χ4n) is 3.07. The molecule has 0 aliphatic carbocycles. The van der Waals surface area contributed by atoms with Gasteiger partial charge in [0.2, 0.25) is 0 Å². The fraction of sp³-hybridized carbons (Fsp3) is 0.857. The number of amides is 2. The molecule has 0 aromatic carbocycles. The predicted octanol–water partition coefficient (Wildman–Crippen LogP) is 0.834. The van der Waals surface area contributed by atoms with Gasteiger partial charge in [0.05, 0.1) is 5.92 Å². The Morgan fingerprint density at radius 2 is 2.05 bits per heavy atom. The van der Waals surface area contributed by atoms with E-state index in [1.54, 1.807) is 4.90 Å². The summed E-state index contributed by atoms with van der Waals surface area (Å²) in [6.45, 7) is 7.09. The van der Waals surface area contributed by atoms with Crippen LogP contribution in [0.15, 0.2) is 0 Å². The molecule has 2 saturated heterocycles. The van der Waals surface area contributed by atoms with Crippen molar-refractivity contribution in [1.29, 1.82) is 0 Å². The van der Waals surface area contributed by atoms with Crippen LogP contribution in [-0.2, 0) is 4.79 Å². The second kappa shape index (κ2) is 6.92. The molecule has 20 heavy (non-hydrogen) atoms. The largest absolute Gasteiger partial charge is 0.481 e. The van der Waals surface area contributed by atoms with Crippen LogP contribution in [0.4, 0.5) is 4.79 Å². The molecule has 0 radical (unpaired) electrons. The number of carbonyl (C=O) groups excluding carboxylic acids is 1. The molecule has 2 atom stereocenters. The number of nitrogens with zero attached hydrogens (tertiary/aromatic N) is 2. The first-order valence-corrected chi connectivity index (χ1v) is 7.58. The van der Waals surface area contributed by atoms with Gasteiger partial charge in [-0.1, -0.05) is 6.92 Å². The van der Waals surface area contributed by atoms with Gasteiger partial charge in [-0.05, 0) is 38.3 Å². The molecule has 6 nitrogen and oxygen atoms in total. The van der Waals surface area contributed by atoms with Crippen molar-refractivity contribution in [1.82, 2.24) is 15.1 Å². The van der Waals surface area contributed by atoms with Crippen molar-refractivity contribution in [2.24, 2.45) is 11.8 Å². The Morgan fingerprint density at radius 3 is 2.70 bits per heavy atom. The number of hydrogen-bond acceptors (Lipinski definition) is 3. The van der Waals surface area contributed by atoms with Gasteiger partial charge in [0, 0.05) is 26.2 Å². The van der Waals surface area contributed by atoms with Crippen LogP contribution in [-0.4, -0.2) is 66.2 Å². The highest BCUT2D eigenvalue weighted by Crippen LogP contribution is 2.17. The first kappa shape index (κ1) is 15.1. The van der Waals surface area contributed by atoms with Crippen LogP contribution in [0.3, 0.4) is 0 Å². The molecular weight excluding hydrogens is 258 g/mol. The van der Waals surface area contributed by atoms with E-state index >= 15 is 0 Å². The topological polar surface area (TPSA) is 72.9 Å². The number of hydrogen-bond donors (Lipinski definition) is 2. The summed E-state index contributed by atoms with van der Waals surface area (Å²) >= 11 is 0. The van der Waals surface area contributed by atoms with E-state index in [0.717, 1.165) is 32.5 Å². The van der Waals surface area contributed by atoms with Crippen LogP contribution in [0.25, 0.3) is 0 Å². The highest BCUT2D eigenvalue weighted by molar-refractivity contribution is 5.76. The third-order valence-corrected chi connectivity index (χ3v) is 4.42. The number of piperidine rings is 1. The van der Waals surface area contributed by atoms with E-state index in [1.165, 1.54) is 0 Å². The molecule has 2 unspecified atom stereocenters. The maximum absolute atomic E-state index is 12.1. The van der Waals surface area contributed by atoms with Gasteiger partial charge in [0.15, 0.2) is 0 Å². The maximum atomic E-state index is 12.1. The van der Waals surface area contributed by atoms with Crippen molar-refractivity contribution in [3.8, 4) is 0 Å². The quantitative estimate of drug-likeness (QED) is 0.802. The lowest BCUT2D eigenvalue weighted by Crippen LogP contribution is -2.48. The second-order valence-electron chi connectivity index (χ2n) is 5.86. The monoisotopic (exact) mass is 283 g/mol. The Balaban J connectivity index is 1.73. The number of rotatable bonds is 4. The Bertz CT molecular complexity index is 362. The number of carbonyl (C=O) groups is 2. The zero-order valence-electron chi connectivity index (χ0n) is 12.2. The standard InChI is InChI=1S/C14H25N3O3/c1-2-16-7-5-11(9-16)8-15-14(20)17-6-3-4-12(10-17)13(18)19/h11-12H,2-10H2,1H3,(H,15,20)(H,18,19). The number of urea groups is 1. The van der Waals surface area contributed by atoms with Gasteiger partial charge in [-0.25, -0.2) is 4.79 Å². The summed E-state index contributed by atoms with van der Waals surface area (Å²) in [6, 6.07) is -0.106. The summed E-state index contributed by atoms with van der Waals surface area (Å²) in [5.74, 6) is -0.674. The normalized spacial score (nSPS) is 27.6. The summed E-state index contributed by atoms with van der Waals surface area (Å²) in [5, 5.41) is 12.0. The molecule has 2 rings (SSSR count). The lowest BCUT2D eigenvalue weighted by atomic mass is 9.99. The Morgan fingerprint density at radius 1 is 1.25 bits per heavy atom. The van der Waals surface area contributed by atoms with Gasteiger partial charge < -0.3 is 20.2 Å². The molecule has 0 spiro atoms. The average Bonchev–Trinajstić information content (AvgIpc) is 2.93. The smallest absolute Gasteiger partial charge is 0.317 e. The predicted molar refractivity (Wildman–Crippen MR) is 75.6 cm³/mol. The number of nitrogens with one attached hydrogen (secondary N) is 1. The molecule has 0 bridgehead atoms. The molecule has 2 amide bonds. The SMILES string of the molecule is CCN1CCC(CNC(=O)N2CCCC(C(=O)O)C2)C1. The fourth-order valence-corrected chi connectivity index (χ4v) is 3.07. The van der Waals surface area contributed by atoms with Gasteiger partial charge in [-0.3, -0.25) is 4.79 Å². The lowest BCUT2D eigenvalue weighted by molar-refractivity contribution is -0.143. The van der Waals surface area contributed by atoms with Gasteiger partial charge in [-0.15, -0.1) is 0 Å². The van der Waals surface area contributed by atoms with E-state index < -0.39 is 11.9 Å². The number of carboxylic acids is 1. The van der Waals surface area contributed by atoms with E-state index in [1.807, 2.05) is 0 Å². The Labute approximate surface area is 120 Å². The van der Waals surface area contributed by atoms with Crippen molar-refractivity contribution >= 4 is 12.0 Å². The van der Waals surface area contributed by atoms with Crippen molar-refractivity contribution in [2.45, 2.75) is 26.2 Å². The highest BCUT2D eigenvalue weighted by Gasteiger charge is 2.28. The Kier molecular flexibility index (Phi) is 5.23. The molecule has 6 heteroatoms. The van der Waals surface area contributed by atoms with Gasteiger partial charge in [-0.2, -0.15) is 0 Å². The van der Waals surface area contributed by atoms with Crippen LogP contribution < -0.4 is 5.32 Å². The molecule has 0 saturated carbocycles. The molecular formula is C14H25N3O3. The van der Waals surface area contributed by atoms with Gasteiger partial charge in [0.25, 0.3) is 0 Å². The zero-order valence-corrected chi connectivity index (χ0v) is 12.2. The summed E-state index contributed by atoms with van der Waals surface area (Å²) in [5.41, 5.74) is 0. The van der Waals surface area contributed by atoms with Gasteiger partial charge in [0.1, 0.15) is 0 Å². The van der Waals surface area contributed by atoms with Crippen molar-refractivity contribution in [3.63, 3.8) is 0 Å². The van der Waals surface area contributed by atoms with E-state index in [9.17, 15) is 9.59 Å². The number of carboxylic acid groups (broad SMARTS) is 1. The number of likely N-dealkylation sites (tertiary alicyclic amines) is 2. The van der Waals surface area contributed by atoms with Crippen LogP contribution >= 0.6 is 0 Å². The summed E-state index contributed by atoms with van der Waals surface area (Å²) in [7, 11) is 0. The average molecular weight is 283 g/mol. The third-order valence-electron chi connectivity index (χ3n) is 4.42. The third kappa shape index (κ3) is 3.85. The first-order valence-electron chi connectivity index (χ1n) is 7.58. The van der Waals surface area contributed by atoms with Crippen LogP contribution in [0, 0.1) is 11.8 Å². The maximum Gasteiger partial charge on any atom is 0.317 e. The van der Waals surface area contributed by atoms with Crippen LogP contribution in [0.1, 0.15) is 26.2 Å². The highest BCUT2D eigenvalue weighted by atomic mass is 16.4. The minimum absolute atomic E-state index is 0.106. The van der Waals surface area contributed by atoms with E-state index in [4.69, 9.17) is 5.11 Å². The molecule has 0 aromatic heterocycles. The molecule has 2 heterocycles. The summed E-state index contributed by atoms with van der Waals surface area (Å²) in [4.78, 5) is 27.1. The molecule has 114 valence electrons. The van der Waals surface area contributed by atoms with E-state index in [-0.39, 0.29) is 6.03 Å². The molecule has 2 aliphatic heterocycles. The minimum atomic E-state index is -0.795. The second-order valence-corrected chi connectivity index (χ2v) is 5.86. The van der Waals surface area contributed by atoms with Crippen LogP contribution in [0.2, 0.25) is 0 Å². The van der Waals surface area contributed by atoms with Crippen molar-refractivity contribution in [2.75, 3.05) is 39.3 Å². The Hall–Kier alpha value is -1.30. The van der Waals surface area contributed by atoms with E-state index in [2.05, 4.69) is 17.1 Å². The molecule has 2 fully saturated rings. The molecule has 2 N–H and O–H groups in total. The zero-order chi connectivity index (χ0) is 14.5. The van der Waals surface area contributed by atoms with Crippen molar-refractivity contribution < 1.29 is 14.7 Å². The molecule has 0 aromatic rings. The lowest BCUT2D eigenvalue weighted by Gasteiger charge is -2.31. The first-order chi connectivity index (χ1) is 9.60. The summed E-state index contributed by atoms with van der Waals surface area (Å²) < 4.78 is 0. The van der Waals surface area contributed by atoms with Crippen LogP contribution in [0.5, 0.6) is 0 Å². The summed E-state index contributed by atoms with van der Waals surface area (Å²) in [6.07, 6.45) is 2.58. The molecule has 2 aliphatic rings.